The number of para-hydroxylation sites is 1. The summed E-state index contributed by atoms with van der Waals surface area (Å²) >= 11 is 0. The van der Waals surface area contributed by atoms with Gasteiger partial charge in [-0.25, -0.2) is 12.8 Å². The number of rotatable bonds is 4. The van der Waals surface area contributed by atoms with E-state index in [1.54, 1.807) is 9.80 Å². The normalized spacial score (nSPS) is 20.6. The SMILES string of the molecule is O=C([C@H]1CC(=O)N(c2ccccc2)C1)N1CCN(S(=O)(=O)c2ccccc2F)CC1. The second kappa shape index (κ2) is 8.16. The van der Waals surface area contributed by atoms with Crippen molar-refractivity contribution in [3.63, 3.8) is 0 Å². The van der Waals surface area contributed by atoms with E-state index in [2.05, 4.69) is 0 Å². The molecule has 158 valence electrons. The number of amides is 2. The number of nitrogens with zero attached hydrogens (tertiary/aromatic N) is 3. The molecule has 2 aromatic rings. The molecule has 2 aliphatic rings. The van der Waals surface area contributed by atoms with Gasteiger partial charge in [0.1, 0.15) is 10.7 Å². The summed E-state index contributed by atoms with van der Waals surface area (Å²) in [5, 5.41) is 0. The van der Waals surface area contributed by atoms with Crippen LogP contribution in [0.4, 0.5) is 10.1 Å². The average Bonchev–Trinajstić information content (AvgIpc) is 3.15. The predicted molar refractivity (Wildman–Crippen MR) is 109 cm³/mol. The van der Waals surface area contributed by atoms with Crippen LogP contribution in [0.3, 0.4) is 0 Å². The molecule has 2 aromatic carbocycles. The van der Waals surface area contributed by atoms with Crippen LogP contribution in [0.2, 0.25) is 0 Å². The van der Waals surface area contributed by atoms with Gasteiger partial charge in [-0.1, -0.05) is 30.3 Å². The van der Waals surface area contributed by atoms with Crippen molar-refractivity contribution in [2.24, 2.45) is 5.92 Å². The lowest BCUT2D eigenvalue weighted by Crippen LogP contribution is -2.52. The average molecular weight is 431 g/mol. The first kappa shape index (κ1) is 20.5. The quantitative estimate of drug-likeness (QED) is 0.739. The van der Waals surface area contributed by atoms with Gasteiger partial charge in [-0.2, -0.15) is 4.31 Å². The second-order valence-corrected chi connectivity index (χ2v) is 9.31. The van der Waals surface area contributed by atoms with Gasteiger partial charge in [0, 0.05) is 44.8 Å². The number of sulfonamides is 1. The molecule has 0 unspecified atom stereocenters. The Morgan fingerprint density at radius 3 is 2.23 bits per heavy atom. The standard InChI is InChI=1S/C21H22FN3O4S/c22-18-8-4-5-9-19(18)30(28,29)24-12-10-23(11-13-24)21(27)16-14-20(26)25(15-16)17-6-2-1-3-7-17/h1-9,16H,10-15H2/t16-/m0/s1. The third-order valence-corrected chi connectivity index (χ3v) is 7.48. The lowest BCUT2D eigenvalue weighted by atomic mass is 10.1. The molecule has 0 spiro atoms. The van der Waals surface area contributed by atoms with Crippen molar-refractivity contribution in [1.29, 1.82) is 0 Å². The van der Waals surface area contributed by atoms with Crippen molar-refractivity contribution in [1.82, 2.24) is 9.21 Å². The van der Waals surface area contributed by atoms with E-state index in [1.165, 1.54) is 22.5 Å². The number of hydrogen-bond donors (Lipinski definition) is 0. The minimum atomic E-state index is -3.96. The van der Waals surface area contributed by atoms with E-state index in [-0.39, 0.29) is 49.3 Å². The lowest BCUT2D eigenvalue weighted by molar-refractivity contribution is -0.136. The lowest BCUT2D eigenvalue weighted by Gasteiger charge is -2.35. The Labute approximate surface area is 174 Å². The van der Waals surface area contributed by atoms with Crippen molar-refractivity contribution in [2.75, 3.05) is 37.6 Å². The Morgan fingerprint density at radius 1 is 0.933 bits per heavy atom. The van der Waals surface area contributed by atoms with Crippen LogP contribution in [-0.4, -0.2) is 62.2 Å². The van der Waals surface area contributed by atoms with E-state index in [0.717, 1.165) is 11.8 Å². The minimum Gasteiger partial charge on any atom is -0.340 e. The number of piperazine rings is 1. The zero-order valence-corrected chi connectivity index (χ0v) is 17.1. The fourth-order valence-corrected chi connectivity index (χ4v) is 5.42. The number of anilines is 1. The van der Waals surface area contributed by atoms with E-state index >= 15 is 0 Å². The fraction of sp³-hybridized carbons (Fsp3) is 0.333. The molecule has 0 aliphatic carbocycles. The van der Waals surface area contributed by atoms with Crippen LogP contribution in [0.15, 0.2) is 59.5 Å². The molecule has 9 heteroatoms. The van der Waals surface area contributed by atoms with E-state index in [9.17, 15) is 22.4 Å². The number of benzene rings is 2. The van der Waals surface area contributed by atoms with Gasteiger partial charge in [0.25, 0.3) is 0 Å². The maximum Gasteiger partial charge on any atom is 0.246 e. The Hall–Kier alpha value is -2.78. The summed E-state index contributed by atoms with van der Waals surface area (Å²) in [6.45, 7) is 0.914. The molecular weight excluding hydrogens is 409 g/mol. The topological polar surface area (TPSA) is 78.0 Å². The number of hydrogen-bond acceptors (Lipinski definition) is 4. The molecule has 2 amide bonds. The van der Waals surface area contributed by atoms with Gasteiger partial charge in [0.2, 0.25) is 21.8 Å². The highest BCUT2D eigenvalue weighted by molar-refractivity contribution is 7.89. The maximum atomic E-state index is 14.0. The summed E-state index contributed by atoms with van der Waals surface area (Å²) in [6, 6.07) is 14.5. The summed E-state index contributed by atoms with van der Waals surface area (Å²) < 4.78 is 40.6. The first-order valence-corrected chi connectivity index (χ1v) is 11.2. The van der Waals surface area contributed by atoms with Crippen molar-refractivity contribution >= 4 is 27.5 Å². The molecule has 7 nitrogen and oxygen atoms in total. The van der Waals surface area contributed by atoms with Gasteiger partial charge in [0.05, 0.1) is 5.92 Å². The Morgan fingerprint density at radius 2 is 1.57 bits per heavy atom. The molecule has 0 aromatic heterocycles. The Kier molecular flexibility index (Phi) is 5.57. The summed E-state index contributed by atoms with van der Waals surface area (Å²) in [5.41, 5.74) is 0.763. The number of carbonyl (C=O) groups is 2. The zero-order chi connectivity index (χ0) is 21.3. The van der Waals surface area contributed by atoms with Gasteiger partial charge in [-0.15, -0.1) is 0 Å². The van der Waals surface area contributed by atoms with Crippen LogP contribution in [0.25, 0.3) is 0 Å². The largest absolute Gasteiger partial charge is 0.340 e. The first-order valence-electron chi connectivity index (χ1n) is 9.77. The Balaban J connectivity index is 1.39. The van der Waals surface area contributed by atoms with Gasteiger partial charge >= 0.3 is 0 Å². The molecule has 0 bridgehead atoms. The van der Waals surface area contributed by atoms with Crippen molar-refractivity contribution in [2.45, 2.75) is 11.3 Å². The van der Waals surface area contributed by atoms with Crippen molar-refractivity contribution in [3.8, 4) is 0 Å². The van der Waals surface area contributed by atoms with Crippen LogP contribution < -0.4 is 4.90 Å². The molecule has 2 fully saturated rings. The summed E-state index contributed by atoms with van der Waals surface area (Å²) in [4.78, 5) is 28.2. The summed E-state index contributed by atoms with van der Waals surface area (Å²) in [5.74, 6) is -1.49. The van der Waals surface area contributed by atoms with Gasteiger partial charge in [0.15, 0.2) is 0 Å². The molecule has 2 heterocycles. The van der Waals surface area contributed by atoms with Crippen LogP contribution in [0.5, 0.6) is 0 Å². The molecule has 0 N–H and O–H groups in total. The van der Waals surface area contributed by atoms with Gasteiger partial charge in [-0.05, 0) is 24.3 Å². The molecule has 2 aliphatic heterocycles. The second-order valence-electron chi connectivity index (χ2n) is 7.40. The third kappa shape index (κ3) is 3.82. The summed E-state index contributed by atoms with van der Waals surface area (Å²) in [7, 11) is -3.96. The smallest absolute Gasteiger partial charge is 0.246 e. The molecule has 4 rings (SSSR count). The summed E-state index contributed by atoms with van der Waals surface area (Å²) in [6.07, 6.45) is 0.140. The van der Waals surface area contributed by atoms with E-state index in [4.69, 9.17) is 0 Å². The maximum absolute atomic E-state index is 14.0. The molecular formula is C21H22FN3O4S. The van der Waals surface area contributed by atoms with Crippen LogP contribution in [-0.2, 0) is 19.6 Å². The highest BCUT2D eigenvalue weighted by Gasteiger charge is 2.39. The molecule has 30 heavy (non-hydrogen) atoms. The zero-order valence-electron chi connectivity index (χ0n) is 16.3. The number of carbonyl (C=O) groups excluding carboxylic acids is 2. The van der Waals surface area contributed by atoms with E-state index in [0.29, 0.717) is 6.54 Å². The monoisotopic (exact) mass is 431 g/mol. The molecule has 0 radical (unpaired) electrons. The minimum absolute atomic E-state index is 0.0888. The van der Waals surface area contributed by atoms with E-state index in [1.807, 2.05) is 30.3 Å². The van der Waals surface area contributed by atoms with Crippen LogP contribution >= 0.6 is 0 Å². The highest BCUT2D eigenvalue weighted by Crippen LogP contribution is 2.27. The third-order valence-electron chi connectivity index (χ3n) is 5.55. The molecule has 0 saturated carbocycles. The van der Waals surface area contributed by atoms with E-state index < -0.39 is 21.8 Å². The predicted octanol–water partition coefficient (Wildman–Crippen LogP) is 1.71. The van der Waals surface area contributed by atoms with Gasteiger partial charge < -0.3 is 9.80 Å². The Bertz CT molecular complexity index is 1050. The van der Waals surface area contributed by atoms with Gasteiger partial charge in [-0.3, -0.25) is 9.59 Å². The van der Waals surface area contributed by atoms with Crippen LogP contribution in [0.1, 0.15) is 6.42 Å². The van der Waals surface area contributed by atoms with Crippen molar-refractivity contribution < 1.29 is 22.4 Å². The fourth-order valence-electron chi connectivity index (χ4n) is 3.93. The van der Waals surface area contributed by atoms with Crippen LogP contribution in [0, 0.1) is 11.7 Å². The van der Waals surface area contributed by atoms with Crippen molar-refractivity contribution in [3.05, 3.63) is 60.4 Å². The molecule has 1 atom stereocenters. The first-order chi connectivity index (χ1) is 14.4. The highest BCUT2D eigenvalue weighted by atomic mass is 32.2. The molecule has 2 saturated heterocycles. The number of halogens is 1.